The smallest absolute Gasteiger partial charge is 0.262 e. The molecule has 0 aliphatic heterocycles. The molecule has 1 aliphatic carbocycles. The number of rotatable bonds is 5. The van der Waals surface area contributed by atoms with Gasteiger partial charge in [0.1, 0.15) is 29.0 Å². The van der Waals surface area contributed by atoms with Crippen LogP contribution in [0.4, 0.5) is 11.8 Å². The number of nitrogens with one attached hydrogen (secondary N) is 1. The zero-order chi connectivity index (χ0) is 24.9. The number of fused-ring (bicyclic) bond motifs is 1. The normalized spacial score (nSPS) is 12.4. The number of benzene rings is 1. The van der Waals surface area contributed by atoms with Crippen molar-refractivity contribution in [3.63, 3.8) is 0 Å². The van der Waals surface area contributed by atoms with Crippen LogP contribution in [0.15, 0.2) is 47.7 Å². The lowest BCUT2D eigenvalue weighted by Crippen LogP contribution is -2.24. The lowest BCUT2D eigenvalue weighted by atomic mass is 10.0. The van der Waals surface area contributed by atoms with E-state index in [2.05, 4.69) is 20.3 Å². The van der Waals surface area contributed by atoms with E-state index in [1.165, 1.54) is 6.20 Å². The summed E-state index contributed by atoms with van der Waals surface area (Å²) < 4.78 is 7.15. The van der Waals surface area contributed by atoms with Gasteiger partial charge >= 0.3 is 0 Å². The molecule has 3 aromatic heterocycles. The zero-order valence-electron chi connectivity index (χ0n) is 19.8. The van der Waals surface area contributed by atoms with Crippen molar-refractivity contribution in [3.05, 3.63) is 64.6 Å². The highest BCUT2D eigenvalue weighted by molar-refractivity contribution is 5.94. The summed E-state index contributed by atoms with van der Waals surface area (Å²) in [6, 6.07) is 9.87. The Labute approximate surface area is 202 Å². The molecule has 0 spiro atoms. The quantitative estimate of drug-likeness (QED) is 0.448. The number of ether oxygens (including phenoxy) is 1. The van der Waals surface area contributed by atoms with Crippen molar-refractivity contribution in [3.8, 4) is 22.9 Å². The van der Waals surface area contributed by atoms with Crippen LogP contribution in [0.5, 0.6) is 5.75 Å². The second-order valence-corrected chi connectivity index (χ2v) is 7.96. The van der Waals surface area contributed by atoms with E-state index in [9.17, 15) is 4.79 Å². The van der Waals surface area contributed by atoms with Gasteiger partial charge in [0.25, 0.3) is 5.56 Å². The number of hydrogen-bond donors (Lipinski definition) is 2. The van der Waals surface area contributed by atoms with Crippen molar-refractivity contribution in [2.24, 2.45) is 0 Å². The van der Waals surface area contributed by atoms with Gasteiger partial charge in [0.05, 0.1) is 30.4 Å². The molecule has 0 radical (unpaired) electrons. The van der Waals surface area contributed by atoms with Gasteiger partial charge < -0.3 is 15.8 Å². The van der Waals surface area contributed by atoms with Gasteiger partial charge in [-0.3, -0.25) is 14.3 Å². The van der Waals surface area contributed by atoms with Crippen molar-refractivity contribution >= 4 is 22.7 Å². The predicted octanol–water partition coefficient (Wildman–Crippen LogP) is 3.34. The third-order valence-electron chi connectivity index (χ3n) is 5.65. The molecule has 35 heavy (non-hydrogen) atoms. The van der Waals surface area contributed by atoms with E-state index in [4.69, 9.17) is 20.7 Å². The van der Waals surface area contributed by atoms with Gasteiger partial charge in [-0.1, -0.05) is 19.1 Å². The summed E-state index contributed by atoms with van der Waals surface area (Å²) in [5.74, 6) is 2.16. The summed E-state index contributed by atoms with van der Waals surface area (Å²) in [6.07, 6.45) is 7.67. The Hall–Kier alpha value is -4.52. The molecular weight excluding hydrogens is 444 g/mol. The third kappa shape index (κ3) is 4.89. The molecule has 1 saturated carbocycles. The molecule has 4 aromatic rings. The van der Waals surface area contributed by atoms with Gasteiger partial charge in [-0.15, -0.1) is 0 Å². The van der Waals surface area contributed by atoms with Crippen molar-refractivity contribution in [1.82, 2.24) is 24.5 Å². The minimum Gasteiger partial charge on any atom is -0.495 e. The molecule has 1 aliphatic rings. The summed E-state index contributed by atoms with van der Waals surface area (Å²) >= 11 is 0. The van der Waals surface area contributed by atoms with E-state index in [-0.39, 0.29) is 11.4 Å². The Kier molecular flexibility index (Phi) is 6.87. The summed E-state index contributed by atoms with van der Waals surface area (Å²) in [6.45, 7) is 2.04. The topological polar surface area (TPSA) is 145 Å². The molecule has 178 valence electrons. The lowest BCUT2D eigenvalue weighted by Gasteiger charge is -2.14. The van der Waals surface area contributed by atoms with E-state index < -0.39 is 0 Å². The summed E-state index contributed by atoms with van der Waals surface area (Å²) in [5.41, 5.74) is 8.21. The van der Waals surface area contributed by atoms with Crippen LogP contribution in [0.1, 0.15) is 37.2 Å². The van der Waals surface area contributed by atoms with Crippen LogP contribution in [0.25, 0.3) is 22.0 Å². The van der Waals surface area contributed by atoms with E-state index in [0.29, 0.717) is 28.7 Å². The second kappa shape index (κ2) is 10.2. The van der Waals surface area contributed by atoms with E-state index in [1.807, 2.05) is 41.8 Å². The number of nitrogen functional groups attached to an aromatic ring is 1. The molecule has 3 heterocycles. The molecule has 0 amide bonds. The zero-order valence-corrected chi connectivity index (χ0v) is 19.8. The van der Waals surface area contributed by atoms with E-state index >= 15 is 0 Å². The summed E-state index contributed by atoms with van der Waals surface area (Å²) in [5, 5.41) is 11.8. The van der Waals surface area contributed by atoms with Crippen molar-refractivity contribution in [2.75, 3.05) is 25.2 Å². The van der Waals surface area contributed by atoms with Gasteiger partial charge in [-0.2, -0.15) is 10.2 Å². The van der Waals surface area contributed by atoms with Crippen LogP contribution in [0.2, 0.25) is 0 Å². The molecule has 0 atom stereocenters. The van der Waals surface area contributed by atoms with Crippen molar-refractivity contribution < 1.29 is 4.74 Å². The molecule has 5 rings (SSSR count). The van der Waals surface area contributed by atoms with Gasteiger partial charge in [0.2, 0.25) is 5.95 Å². The van der Waals surface area contributed by atoms with Gasteiger partial charge in [0, 0.05) is 31.3 Å². The van der Waals surface area contributed by atoms with E-state index in [1.54, 1.807) is 26.6 Å². The Morgan fingerprint density at radius 2 is 2.06 bits per heavy atom. The van der Waals surface area contributed by atoms with Crippen LogP contribution in [0, 0.1) is 11.3 Å². The number of hydrogen-bond acceptors (Lipinski definition) is 9. The number of anilines is 2. The molecule has 0 saturated heterocycles. The SMILES string of the molecule is CCc1nc2cccc(-c3cncc(OC)c3)c2c(=O)n1C1CC1.CNc1ncc(C#N)c(N)n1. The molecule has 3 N–H and O–H groups in total. The number of aryl methyl sites for hydroxylation is 1. The van der Waals surface area contributed by atoms with Crippen LogP contribution >= 0.6 is 0 Å². The maximum Gasteiger partial charge on any atom is 0.262 e. The number of nitrogens with zero attached hydrogens (tertiary/aromatic N) is 6. The standard InChI is InChI=1S/C19H19N3O2.C6H7N5/c1-3-17-21-16-6-4-5-15(12-9-14(24-2)11-20-10-12)18(16)19(23)22(17)13-7-8-13;1-9-6-10-3-4(2-7)5(8)11-6/h4-6,9-11,13H,3,7-8H2,1-2H3;3H,1H3,(H3,8,9,10,11). The molecule has 1 aromatic carbocycles. The highest BCUT2D eigenvalue weighted by Crippen LogP contribution is 2.36. The molecular formula is C25H26N8O2. The molecule has 10 heteroatoms. The molecule has 0 bridgehead atoms. The van der Waals surface area contributed by atoms with Crippen LogP contribution in [0.3, 0.4) is 0 Å². The number of nitrogens with two attached hydrogens (primary N) is 1. The molecule has 10 nitrogen and oxygen atoms in total. The average molecular weight is 471 g/mol. The fourth-order valence-electron chi connectivity index (χ4n) is 3.77. The number of methoxy groups -OCH3 is 1. The predicted molar refractivity (Wildman–Crippen MR) is 134 cm³/mol. The maximum atomic E-state index is 13.2. The minimum absolute atomic E-state index is 0.0535. The average Bonchev–Trinajstić information content (AvgIpc) is 3.73. The van der Waals surface area contributed by atoms with Crippen LogP contribution in [-0.2, 0) is 6.42 Å². The summed E-state index contributed by atoms with van der Waals surface area (Å²) in [4.78, 5) is 29.8. The van der Waals surface area contributed by atoms with E-state index in [0.717, 1.165) is 41.7 Å². The van der Waals surface area contributed by atoms with Crippen LogP contribution < -0.4 is 21.3 Å². The first-order valence-corrected chi connectivity index (χ1v) is 11.2. The Bertz CT molecular complexity index is 1470. The number of aromatic nitrogens is 5. The monoisotopic (exact) mass is 470 g/mol. The third-order valence-corrected chi connectivity index (χ3v) is 5.65. The first-order chi connectivity index (χ1) is 17.0. The first kappa shape index (κ1) is 23.6. The number of nitriles is 1. The van der Waals surface area contributed by atoms with Gasteiger partial charge in [-0.25, -0.2) is 9.97 Å². The first-order valence-electron chi connectivity index (χ1n) is 11.2. The Balaban J connectivity index is 0.000000221. The lowest BCUT2D eigenvalue weighted by molar-refractivity contribution is 0.413. The molecule has 1 fully saturated rings. The second-order valence-electron chi connectivity index (χ2n) is 7.96. The molecule has 0 unspecified atom stereocenters. The van der Waals surface area contributed by atoms with Gasteiger partial charge in [-0.05, 0) is 30.5 Å². The maximum absolute atomic E-state index is 13.2. The highest BCUT2D eigenvalue weighted by Gasteiger charge is 2.28. The highest BCUT2D eigenvalue weighted by atomic mass is 16.5. The Morgan fingerprint density at radius 1 is 1.26 bits per heavy atom. The van der Waals surface area contributed by atoms with Gasteiger partial charge in [0.15, 0.2) is 0 Å². The fourth-order valence-corrected chi connectivity index (χ4v) is 3.77. The number of pyridine rings is 1. The Morgan fingerprint density at radius 3 is 2.69 bits per heavy atom. The largest absolute Gasteiger partial charge is 0.495 e. The van der Waals surface area contributed by atoms with Crippen LogP contribution in [-0.4, -0.2) is 38.7 Å². The minimum atomic E-state index is 0.0535. The van der Waals surface area contributed by atoms with Crippen molar-refractivity contribution in [1.29, 1.82) is 5.26 Å². The summed E-state index contributed by atoms with van der Waals surface area (Å²) in [7, 11) is 3.29. The fraction of sp³-hybridized carbons (Fsp3) is 0.280. The van der Waals surface area contributed by atoms with Crippen molar-refractivity contribution in [2.45, 2.75) is 32.2 Å².